The lowest BCUT2D eigenvalue weighted by Crippen LogP contribution is -1.90. The van der Waals surface area contributed by atoms with Crippen molar-refractivity contribution in [3.8, 4) is 16.9 Å². The van der Waals surface area contributed by atoms with E-state index < -0.39 is 11.6 Å². The van der Waals surface area contributed by atoms with Crippen LogP contribution in [0.1, 0.15) is 5.56 Å². The molecule has 0 bridgehead atoms. The number of rotatable bonds is 1. The molecule has 0 atom stereocenters. The van der Waals surface area contributed by atoms with Gasteiger partial charge in [-0.25, -0.2) is 8.78 Å². The summed E-state index contributed by atoms with van der Waals surface area (Å²) < 4.78 is 27.0. The molecule has 0 fully saturated rings. The van der Waals surface area contributed by atoms with Gasteiger partial charge in [0.1, 0.15) is 17.4 Å². The average molecular weight is 255 g/mol. The van der Waals surface area contributed by atoms with Crippen molar-refractivity contribution in [1.29, 1.82) is 0 Å². The summed E-state index contributed by atoms with van der Waals surface area (Å²) in [6.45, 7) is 1.68. The Bertz CT molecular complexity index is 582. The molecule has 0 heterocycles. The molecule has 2 aromatic carbocycles. The average Bonchev–Trinajstić information content (AvgIpc) is 2.27. The zero-order valence-electron chi connectivity index (χ0n) is 8.97. The number of halogens is 3. The van der Waals surface area contributed by atoms with Crippen molar-refractivity contribution in [2.24, 2.45) is 0 Å². The normalized spacial score (nSPS) is 10.6. The summed E-state index contributed by atoms with van der Waals surface area (Å²) in [6, 6.07) is 6.39. The molecular weight excluding hydrogens is 246 g/mol. The molecule has 0 aliphatic heterocycles. The van der Waals surface area contributed by atoms with Gasteiger partial charge in [0, 0.05) is 11.1 Å². The fraction of sp³-hybridized carbons (Fsp3) is 0.0769. The molecule has 0 saturated carbocycles. The van der Waals surface area contributed by atoms with Gasteiger partial charge in [-0.05, 0) is 42.8 Å². The van der Waals surface area contributed by atoms with Gasteiger partial charge in [0.25, 0.3) is 0 Å². The summed E-state index contributed by atoms with van der Waals surface area (Å²) in [6.07, 6.45) is 0. The van der Waals surface area contributed by atoms with E-state index in [4.69, 9.17) is 11.6 Å². The molecule has 0 unspecified atom stereocenters. The number of benzene rings is 2. The van der Waals surface area contributed by atoms with Gasteiger partial charge in [-0.1, -0.05) is 11.6 Å². The molecule has 88 valence electrons. The summed E-state index contributed by atoms with van der Waals surface area (Å²) >= 11 is 5.80. The van der Waals surface area contributed by atoms with Crippen LogP contribution < -0.4 is 0 Å². The minimum Gasteiger partial charge on any atom is -0.508 e. The zero-order valence-corrected chi connectivity index (χ0v) is 9.72. The van der Waals surface area contributed by atoms with Gasteiger partial charge in [0.15, 0.2) is 0 Å². The summed E-state index contributed by atoms with van der Waals surface area (Å²) in [5.74, 6) is -1.27. The first-order valence-corrected chi connectivity index (χ1v) is 5.31. The van der Waals surface area contributed by atoms with E-state index in [1.54, 1.807) is 13.0 Å². The Kier molecular flexibility index (Phi) is 3.03. The highest BCUT2D eigenvalue weighted by molar-refractivity contribution is 6.33. The first kappa shape index (κ1) is 11.9. The van der Waals surface area contributed by atoms with Gasteiger partial charge in [-0.2, -0.15) is 0 Å². The summed E-state index contributed by atoms with van der Waals surface area (Å²) in [5, 5.41) is 9.17. The number of phenolic OH excluding ortho intramolecular Hbond substituents is 1. The van der Waals surface area contributed by atoms with Gasteiger partial charge in [0.2, 0.25) is 0 Å². The minimum atomic E-state index is -0.607. The molecule has 0 saturated heterocycles. The predicted molar refractivity (Wildman–Crippen MR) is 63.2 cm³/mol. The van der Waals surface area contributed by atoms with Crippen molar-refractivity contribution in [2.45, 2.75) is 6.92 Å². The fourth-order valence-corrected chi connectivity index (χ4v) is 1.85. The van der Waals surface area contributed by atoms with Crippen molar-refractivity contribution in [3.05, 3.63) is 52.6 Å². The van der Waals surface area contributed by atoms with E-state index in [1.165, 1.54) is 18.2 Å². The van der Waals surface area contributed by atoms with Crippen LogP contribution >= 0.6 is 11.6 Å². The van der Waals surface area contributed by atoms with Gasteiger partial charge < -0.3 is 5.11 Å². The molecule has 1 N–H and O–H groups in total. The van der Waals surface area contributed by atoms with Crippen molar-refractivity contribution < 1.29 is 13.9 Å². The molecule has 0 aliphatic carbocycles. The van der Waals surface area contributed by atoms with Gasteiger partial charge in [-0.15, -0.1) is 0 Å². The van der Waals surface area contributed by atoms with Crippen LogP contribution in [0.25, 0.3) is 11.1 Å². The maximum atomic E-state index is 13.6. The van der Waals surface area contributed by atoms with E-state index in [2.05, 4.69) is 0 Å². The lowest BCUT2D eigenvalue weighted by atomic mass is 10.0. The second-order valence-corrected chi connectivity index (χ2v) is 4.15. The van der Waals surface area contributed by atoms with Crippen molar-refractivity contribution >= 4 is 11.6 Å². The van der Waals surface area contributed by atoms with Crippen LogP contribution in [0.4, 0.5) is 8.78 Å². The highest BCUT2D eigenvalue weighted by Crippen LogP contribution is 2.34. The highest BCUT2D eigenvalue weighted by Gasteiger charge is 2.13. The Morgan fingerprint density at radius 3 is 2.41 bits per heavy atom. The Balaban J connectivity index is 2.72. The fourth-order valence-electron chi connectivity index (χ4n) is 1.64. The Morgan fingerprint density at radius 2 is 1.71 bits per heavy atom. The molecular formula is C13H9ClF2O. The molecule has 0 aromatic heterocycles. The minimum absolute atomic E-state index is 0.0811. The maximum absolute atomic E-state index is 13.6. The molecule has 0 spiro atoms. The zero-order chi connectivity index (χ0) is 12.6. The number of aromatic hydroxyl groups is 1. The second kappa shape index (κ2) is 4.34. The third-order valence-corrected chi connectivity index (χ3v) is 2.80. The van der Waals surface area contributed by atoms with Gasteiger partial charge in [0.05, 0.1) is 5.02 Å². The number of hydrogen-bond acceptors (Lipinski definition) is 1. The third kappa shape index (κ3) is 2.24. The van der Waals surface area contributed by atoms with E-state index in [1.807, 2.05) is 0 Å². The van der Waals surface area contributed by atoms with Crippen LogP contribution in [0.3, 0.4) is 0 Å². The largest absolute Gasteiger partial charge is 0.508 e. The van der Waals surface area contributed by atoms with Crippen molar-refractivity contribution in [2.75, 3.05) is 0 Å². The van der Waals surface area contributed by atoms with E-state index in [9.17, 15) is 13.9 Å². The SMILES string of the molecule is Cc1cc(F)c(Cl)c(-c2cc(O)ccc2F)c1. The van der Waals surface area contributed by atoms with Crippen LogP contribution in [-0.2, 0) is 0 Å². The number of aryl methyl sites for hydroxylation is 1. The van der Waals surface area contributed by atoms with Crippen LogP contribution in [-0.4, -0.2) is 5.11 Å². The van der Waals surface area contributed by atoms with Gasteiger partial charge in [-0.3, -0.25) is 0 Å². The predicted octanol–water partition coefficient (Wildman–Crippen LogP) is 4.30. The van der Waals surface area contributed by atoms with Crippen LogP contribution in [0, 0.1) is 18.6 Å². The van der Waals surface area contributed by atoms with E-state index in [-0.39, 0.29) is 21.9 Å². The first-order chi connectivity index (χ1) is 7.99. The van der Waals surface area contributed by atoms with E-state index in [0.717, 1.165) is 6.07 Å². The summed E-state index contributed by atoms with van der Waals surface area (Å²) in [4.78, 5) is 0. The van der Waals surface area contributed by atoms with E-state index >= 15 is 0 Å². The Morgan fingerprint density at radius 1 is 1.00 bits per heavy atom. The smallest absolute Gasteiger partial charge is 0.142 e. The molecule has 0 radical (unpaired) electrons. The molecule has 2 aromatic rings. The molecule has 4 heteroatoms. The molecule has 17 heavy (non-hydrogen) atoms. The maximum Gasteiger partial charge on any atom is 0.142 e. The summed E-state index contributed by atoms with van der Waals surface area (Å²) in [5.41, 5.74) is 0.944. The Hall–Kier alpha value is -1.61. The van der Waals surface area contributed by atoms with Crippen molar-refractivity contribution in [3.63, 3.8) is 0 Å². The van der Waals surface area contributed by atoms with E-state index in [0.29, 0.717) is 5.56 Å². The van der Waals surface area contributed by atoms with Crippen molar-refractivity contribution in [1.82, 2.24) is 0 Å². The second-order valence-electron chi connectivity index (χ2n) is 3.77. The topological polar surface area (TPSA) is 20.2 Å². The van der Waals surface area contributed by atoms with Crippen LogP contribution in [0.15, 0.2) is 30.3 Å². The summed E-state index contributed by atoms with van der Waals surface area (Å²) in [7, 11) is 0. The first-order valence-electron chi connectivity index (χ1n) is 4.93. The Labute approximate surface area is 102 Å². The molecule has 1 nitrogen and oxygen atoms in total. The third-order valence-electron chi connectivity index (χ3n) is 2.41. The standard InChI is InChI=1S/C13H9ClF2O/c1-7-4-10(13(14)12(16)5-7)9-6-8(17)2-3-11(9)15/h2-6,17H,1H3. The molecule has 0 aliphatic rings. The number of hydrogen-bond donors (Lipinski definition) is 1. The number of phenols is 1. The highest BCUT2D eigenvalue weighted by atomic mass is 35.5. The molecule has 0 amide bonds. The lowest BCUT2D eigenvalue weighted by Gasteiger charge is -2.08. The van der Waals surface area contributed by atoms with Crippen LogP contribution in [0.2, 0.25) is 5.02 Å². The van der Waals surface area contributed by atoms with Crippen LogP contribution in [0.5, 0.6) is 5.75 Å². The monoisotopic (exact) mass is 254 g/mol. The lowest BCUT2D eigenvalue weighted by molar-refractivity contribution is 0.473. The van der Waals surface area contributed by atoms with Gasteiger partial charge >= 0.3 is 0 Å². The quantitative estimate of drug-likeness (QED) is 0.804. The molecule has 2 rings (SSSR count).